The highest BCUT2D eigenvalue weighted by molar-refractivity contribution is 8.93. The molecule has 0 spiro atoms. The van der Waals surface area contributed by atoms with Crippen LogP contribution in [0.15, 0.2) is 18.2 Å². The van der Waals surface area contributed by atoms with Crippen LogP contribution in [0.1, 0.15) is 37.8 Å². The third kappa shape index (κ3) is 2.08. The third-order valence-corrected chi connectivity index (χ3v) is 4.74. The smallest absolute Gasteiger partial charge is 0.115 e. The zero-order chi connectivity index (χ0) is 12.0. The molecule has 1 heterocycles. The van der Waals surface area contributed by atoms with Crippen molar-refractivity contribution in [1.29, 1.82) is 0 Å². The minimum atomic E-state index is 0. The minimum absolute atomic E-state index is 0. The van der Waals surface area contributed by atoms with E-state index >= 15 is 0 Å². The van der Waals surface area contributed by atoms with Crippen molar-refractivity contribution in [3.8, 4) is 5.75 Å². The number of hydrogen-bond acceptors (Lipinski definition) is 2. The second-order valence-electron chi connectivity index (χ2n) is 6.08. The zero-order valence-electron chi connectivity index (χ0n) is 11.1. The van der Waals surface area contributed by atoms with E-state index < -0.39 is 0 Å². The summed E-state index contributed by atoms with van der Waals surface area (Å²) in [7, 11) is 0. The Morgan fingerprint density at radius 3 is 2.89 bits per heavy atom. The van der Waals surface area contributed by atoms with Crippen LogP contribution in [0.2, 0.25) is 0 Å². The van der Waals surface area contributed by atoms with E-state index in [1.165, 1.54) is 24.0 Å². The van der Waals surface area contributed by atoms with Gasteiger partial charge in [0.05, 0.1) is 0 Å². The number of benzene rings is 1. The molecule has 0 unspecified atom stereocenters. The molecule has 1 aliphatic heterocycles. The van der Waals surface area contributed by atoms with Gasteiger partial charge < -0.3 is 10.4 Å². The van der Waals surface area contributed by atoms with Crippen LogP contribution in [0.4, 0.5) is 0 Å². The number of piperidine rings is 1. The molecule has 0 saturated carbocycles. The van der Waals surface area contributed by atoms with Gasteiger partial charge in [0, 0.05) is 6.04 Å². The number of aromatic hydroxyl groups is 1. The lowest BCUT2D eigenvalue weighted by molar-refractivity contribution is 0.168. The number of rotatable bonds is 0. The van der Waals surface area contributed by atoms with Crippen molar-refractivity contribution < 1.29 is 5.11 Å². The predicted molar refractivity (Wildman–Crippen MR) is 79.7 cm³/mol. The van der Waals surface area contributed by atoms with Crippen molar-refractivity contribution in [2.45, 2.75) is 44.6 Å². The fraction of sp³-hybridized carbons (Fsp3) is 0.600. The van der Waals surface area contributed by atoms with Crippen LogP contribution in [-0.2, 0) is 11.8 Å². The third-order valence-electron chi connectivity index (χ3n) is 4.74. The highest BCUT2D eigenvalue weighted by Gasteiger charge is 2.43. The molecule has 1 saturated heterocycles. The summed E-state index contributed by atoms with van der Waals surface area (Å²) in [4.78, 5) is 0. The van der Waals surface area contributed by atoms with Gasteiger partial charge in [-0.2, -0.15) is 0 Å². The Morgan fingerprint density at radius 2 is 2.11 bits per heavy atom. The predicted octanol–water partition coefficient (Wildman–Crippen LogP) is 3.17. The van der Waals surface area contributed by atoms with Gasteiger partial charge in [0.1, 0.15) is 5.75 Å². The molecule has 100 valence electrons. The number of fused-ring (bicyclic) bond motifs is 2. The molecule has 2 atom stereocenters. The van der Waals surface area contributed by atoms with E-state index in [0.29, 0.717) is 17.7 Å². The fourth-order valence-corrected chi connectivity index (χ4v) is 3.81. The highest BCUT2D eigenvalue weighted by atomic mass is 79.9. The van der Waals surface area contributed by atoms with Gasteiger partial charge in [-0.25, -0.2) is 0 Å². The first kappa shape index (κ1) is 13.9. The SMILES string of the molecule is Br.CC1(C)c2cc(O)ccc2C[C@H]2NCCC[C@@H]21. The Labute approximate surface area is 120 Å². The topological polar surface area (TPSA) is 32.3 Å². The van der Waals surface area contributed by atoms with Crippen LogP contribution >= 0.6 is 17.0 Å². The molecule has 0 bridgehead atoms. The molecular formula is C15H22BrNO. The maximum Gasteiger partial charge on any atom is 0.115 e. The van der Waals surface area contributed by atoms with E-state index in [1.54, 1.807) is 0 Å². The van der Waals surface area contributed by atoms with Gasteiger partial charge in [-0.1, -0.05) is 19.9 Å². The van der Waals surface area contributed by atoms with Crippen molar-refractivity contribution in [3.63, 3.8) is 0 Å². The molecular weight excluding hydrogens is 290 g/mol. The highest BCUT2D eigenvalue weighted by Crippen LogP contribution is 2.45. The summed E-state index contributed by atoms with van der Waals surface area (Å²) in [5, 5.41) is 13.4. The lowest BCUT2D eigenvalue weighted by Gasteiger charge is -2.48. The Hall–Kier alpha value is -0.540. The Morgan fingerprint density at radius 1 is 1.33 bits per heavy atom. The maximum absolute atomic E-state index is 9.70. The summed E-state index contributed by atoms with van der Waals surface area (Å²) < 4.78 is 0. The number of phenolic OH excluding ortho intramolecular Hbond substituents is 1. The van der Waals surface area contributed by atoms with E-state index in [0.717, 1.165) is 13.0 Å². The van der Waals surface area contributed by atoms with E-state index in [1.807, 2.05) is 12.1 Å². The standard InChI is InChI=1S/C15H21NO.BrH/c1-15(2)12-4-3-7-16-14(12)8-10-5-6-11(17)9-13(10)15;/h5-6,9,12,14,16-17H,3-4,7-8H2,1-2H3;1H/t12-,14+;/m0./s1. The van der Waals surface area contributed by atoms with Crippen molar-refractivity contribution in [3.05, 3.63) is 29.3 Å². The lowest BCUT2D eigenvalue weighted by atomic mass is 9.61. The average molecular weight is 312 g/mol. The lowest BCUT2D eigenvalue weighted by Crippen LogP contribution is -2.53. The van der Waals surface area contributed by atoms with Gasteiger partial charge in [-0.15, -0.1) is 17.0 Å². The molecule has 1 aliphatic carbocycles. The summed E-state index contributed by atoms with van der Waals surface area (Å²) >= 11 is 0. The van der Waals surface area contributed by atoms with E-state index in [4.69, 9.17) is 0 Å². The Bertz CT molecular complexity index is 444. The van der Waals surface area contributed by atoms with E-state index in [2.05, 4.69) is 25.2 Å². The maximum atomic E-state index is 9.70. The average Bonchev–Trinajstić information content (AvgIpc) is 2.31. The summed E-state index contributed by atoms with van der Waals surface area (Å²) in [6.07, 6.45) is 3.70. The van der Waals surface area contributed by atoms with E-state index in [-0.39, 0.29) is 22.4 Å². The van der Waals surface area contributed by atoms with Gasteiger partial charge in [0.15, 0.2) is 0 Å². The number of phenols is 1. The van der Waals surface area contributed by atoms with Gasteiger partial charge in [0.2, 0.25) is 0 Å². The van der Waals surface area contributed by atoms with Crippen molar-refractivity contribution in [1.82, 2.24) is 5.32 Å². The molecule has 1 aromatic rings. The second-order valence-corrected chi connectivity index (χ2v) is 6.08. The molecule has 2 aliphatic rings. The molecule has 3 rings (SSSR count). The first-order valence-corrected chi connectivity index (χ1v) is 6.65. The quantitative estimate of drug-likeness (QED) is 0.771. The largest absolute Gasteiger partial charge is 0.508 e. The normalized spacial score (nSPS) is 28.8. The number of nitrogens with one attached hydrogen (secondary N) is 1. The van der Waals surface area contributed by atoms with Crippen molar-refractivity contribution >= 4 is 17.0 Å². The molecule has 1 aromatic carbocycles. The van der Waals surface area contributed by atoms with Crippen LogP contribution in [0, 0.1) is 5.92 Å². The first-order valence-electron chi connectivity index (χ1n) is 6.65. The monoisotopic (exact) mass is 311 g/mol. The van der Waals surface area contributed by atoms with Crippen LogP contribution in [0.25, 0.3) is 0 Å². The zero-order valence-corrected chi connectivity index (χ0v) is 12.8. The van der Waals surface area contributed by atoms with Crippen molar-refractivity contribution in [2.24, 2.45) is 5.92 Å². The summed E-state index contributed by atoms with van der Waals surface area (Å²) in [6, 6.07) is 6.51. The van der Waals surface area contributed by atoms with Gasteiger partial charge in [-0.3, -0.25) is 0 Å². The van der Waals surface area contributed by atoms with Gasteiger partial charge in [0.25, 0.3) is 0 Å². The molecule has 2 N–H and O–H groups in total. The first-order chi connectivity index (χ1) is 8.09. The van der Waals surface area contributed by atoms with Crippen LogP contribution < -0.4 is 5.32 Å². The Kier molecular flexibility index (Phi) is 3.75. The molecule has 0 amide bonds. The van der Waals surface area contributed by atoms with Crippen LogP contribution in [0.5, 0.6) is 5.75 Å². The van der Waals surface area contributed by atoms with Crippen LogP contribution in [-0.4, -0.2) is 17.7 Å². The molecule has 3 heteroatoms. The number of halogens is 1. The second kappa shape index (κ2) is 4.86. The van der Waals surface area contributed by atoms with E-state index in [9.17, 15) is 5.11 Å². The summed E-state index contributed by atoms with van der Waals surface area (Å²) in [5.74, 6) is 1.10. The van der Waals surface area contributed by atoms with Crippen LogP contribution in [0.3, 0.4) is 0 Å². The molecule has 0 radical (unpaired) electrons. The molecule has 1 fully saturated rings. The van der Waals surface area contributed by atoms with Gasteiger partial charge >= 0.3 is 0 Å². The Balaban J connectivity index is 0.00000120. The molecule has 18 heavy (non-hydrogen) atoms. The minimum Gasteiger partial charge on any atom is -0.508 e. The van der Waals surface area contributed by atoms with Gasteiger partial charge in [-0.05, 0) is 60.4 Å². The summed E-state index contributed by atoms with van der Waals surface area (Å²) in [6.45, 7) is 5.81. The molecule has 0 aromatic heterocycles. The molecule has 2 nitrogen and oxygen atoms in total. The number of hydrogen-bond donors (Lipinski definition) is 2. The summed E-state index contributed by atoms with van der Waals surface area (Å²) in [5.41, 5.74) is 2.93. The fourth-order valence-electron chi connectivity index (χ4n) is 3.81. The van der Waals surface area contributed by atoms with Crippen molar-refractivity contribution in [2.75, 3.05) is 6.54 Å².